The van der Waals surface area contributed by atoms with Crippen molar-refractivity contribution in [3.05, 3.63) is 10.6 Å². The maximum atomic E-state index is 5.86. The van der Waals surface area contributed by atoms with Gasteiger partial charge < -0.3 is 10.6 Å². The Morgan fingerprint density at radius 3 is 2.33 bits per heavy atom. The summed E-state index contributed by atoms with van der Waals surface area (Å²) in [6.45, 7) is 12.7. The van der Waals surface area contributed by atoms with Gasteiger partial charge in [-0.05, 0) is 32.6 Å². The molecule has 0 radical (unpaired) electrons. The highest BCUT2D eigenvalue weighted by Gasteiger charge is 2.20. The van der Waals surface area contributed by atoms with Crippen molar-refractivity contribution in [2.75, 3.05) is 11.4 Å². The topological polar surface area (TPSA) is 42.2 Å². The van der Waals surface area contributed by atoms with Gasteiger partial charge in [-0.3, -0.25) is 0 Å². The van der Waals surface area contributed by atoms with E-state index in [9.17, 15) is 0 Å². The SMILES string of the molecule is CCC(C)c1nc(N(CC)C(C)CC)sc1CN. The third-order valence-corrected chi connectivity index (χ3v) is 4.82. The number of nitrogens with zero attached hydrogens (tertiary/aromatic N) is 2. The molecule has 0 bridgehead atoms. The highest BCUT2D eigenvalue weighted by atomic mass is 32.1. The molecule has 0 aliphatic rings. The third-order valence-electron chi connectivity index (χ3n) is 3.69. The van der Waals surface area contributed by atoms with Crippen molar-refractivity contribution < 1.29 is 0 Å². The van der Waals surface area contributed by atoms with Gasteiger partial charge in [-0.15, -0.1) is 11.3 Å². The Hall–Kier alpha value is -0.610. The predicted octanol–water partition coefficient (Wildman–Crippen LogP) is 3.74. The van der Waals surface area contributed by atoms with Crippen molar-refractivity contribution in [2.24, 2.45) is 5.73 Å². The van der Waals surface area contributed by atoms with Gasteiger partial charge >= 0.3 is 0 Å². The van der Waals surface area contributed by atoms with E-state index in [1.165, 1.54) is 10.6 Å². The zero-order chi connectivity index (χ0) is 13.7. The van der Waals surface area contributed by atoms with Gasteiger partial charge in [-0.1, -0.05) is 20.8 Å². The van der Waals surface area contributed by atoms with Crippen LogP contribution in [0.5, 0.6) is 0 Å². The van der Waals surface area contributed by atoms with Crippen LogP contribution in [-0.2, 0) is 6.54 Å². The van der Waals surface area contributed by atoms with Gasteiger partial charge in [0.25, 0.3) is 0 Å². The molecule has 0 saturated heterocycles. The van der Waals surface area contributed by atoms with Crippen LogP contribution in [0.1, 0.15) is 63.9 Å². The molecule has 18 heavy (non-hydrogen) atoms. The fraction of sp³-hybridized carbons (Fsp3) is 0.786. The van der Waals surface area contributed by atoms with E-state index in [0.29, 0.717) is 18.5 Å². The first kappa shape index (κ1) is 15.4. The molecule has 104 valence electrons. The second-order valence-electron chi connectivity index (χ2n) is 4.86. The number of aromatic nitrogens is 1. The predicted molar refractivity (Wildman–Crippen MR) is 81.5 cm³/mol. The second kappa shape index (κ2) is 7.10. The Morgan fingerprint density at radius 2 is 1.89 bits per heavy atom. The molecule has 0 fully saturated rings. The minimum absolute atomic E-state index is 0.504. The van der Waals surface area contributed by atoms with Gasteiger partial charge in [0.05, 0.1) is 5.69 Å². The second-order valence-corrected chi connectivity index (χ2v) is 5.92. The number of thiazole rings is 1. The van der Waals surface area contributed by atoms with E-state index in [2.05, 4.69) is 39.5 Å². The average Bonchev–Trinajstić information content (AvgIpc) is 2.82. The van der Waals surface area contributed by atoms with Crippen molar-refractivity contribution in [1.82, 2.24) is 4.98 Å². The zero-order valence-corrected chi connectivity index (χ0v) is 13.2. The summed E-state index contributed by atoms with van der Waals surface area (Å²) in [6.07, 6.45) is 2.26. The summed E-state index contributed by atoms with van der Waals surface area (Å²) in [5, 5.41) is 1.14. The van der Waals surface area contributed by atoms with Gasteiger partial charge in [0.2, 0.25) is 0 Å². The van der Waals surface area contributed by atoms with Crippen LogP contribution in [0.2, 0.25) is 0 Å². The van der Waals surface area contributed by atoms with E-state index in [1.54, 1.807) is 11.3 Å². The third kappa shape index (κ3) is 3.23. The summed E-state index contributed by atoms with van der Waals surface area (Å²) in [7, 11) is 0. The van der Waals surface area contributed by atoms with Crippen LogP contribution in [0.4, 0.5) is 5.13 Å². The van der Waals surface area contributed by atoms with Crippen LogP contribution < -0.4 is 10.6 Å². The average molecular weight is 269 g/mol. The minimum atomic E-state index is 0.504. The molecule has 0 spiro atoms. The number of nitrogens with two attached hydrogens (primary N) is 1. The van der Waals surface area contributed by atoms with Crippen LogP contribution in [0, 0.1) is 0 Å². The molecule has 1 aromatic rings. The molecule has 0 saturated carbocycles. The molecule has 1 rings (SSSR count). The monoisotopic (exact) mass is 269 g/mol. The lowest BCUT2D eigenvalue weighted by Crippen LogP contribution is -2.32. The Labute approximate surface area is 115 Å². The summed E-state index contributed by atoms with van der Waals surface area (Å²) >= 11 is 1.77. The van der Waals surface area contributed by atoms with Crippen molar-refractivity contribution in [3.63, 3.8) is 0 Å². The van der Waals surface area contributed by atoms with Crippen LogP contribution in [0.15, 0.2) is 0 Å². The smallest absolute Gasteiger partial charge is 0.186 e. The quantitative estimate of drug-likeness (QED) is 0.820. The molecule has 0 aromatic carbocycles. The molecule has 0 amide bonds. The molecule has 1 aromatic heterocycles. The van der Waals surface area contributed by atoms with Crippen LogP contribution >= 0.6 is 11.3 Å². The van der Waals surface area contributed by atoms with E-state index in [-0.39, 0.29) is 0 Å². The molecule has 0 aliphatic carbocycles. The lowest BCUT2D eigenvalue weighted by molar-refractivity contribution is 0.624. The first-order chi connectivity index (χ1) is 8.58. The van der Waals surface area contributed by atoms with Crippen LogP contribution in [-0.4, -0.2) is 17.6 Å². The first-order valence-electron chi connectivity index (χ1n) is 7.05. The van der Waals surface area contributed by atoms with Gasteiger partial charge in [0.15, 0.2) is 5.13 Å². The molecule has 4 heteroatoms. The Bertz CT molecular complexity index is 362. The Kier molecular flexibility index (Phi) is 6.09. The minimum Gasteiger partial charge on any atom is -0.346 e. The van der Waals surface area contributed by atoms with Crippen molar-refractivity contribution in [2.45, 2.75) is 66.0 Å². The number of anilines is 1. The summed E-state index contributed by atoms with van der Waals surface area (Å²) in [5.41, 5.74) is 7.07. The Morgan fingerprint density at radius 1 is 1.22 bits per heavy atom. The van der Waals surface area contributed by atoms with Gasteiger partial charge in [-0.25, -0.2) is 4.98 Å². The lowest BCUT2D eigenvalue weighted by Gasteiger charge is -2.26. The van der Waals surface area contributed by atoms with Gasteiger partial charge in [0.1, 0.15) is 0 Å². The Balaban J connectivity index is 3.06. The zero-order valence-electron chi connectivity index (χ0n) is 12.4. The fourth-order valence-electron chi connectivity index (χ4n) is 2.05. The van der Waals surface area contributed by atoms with Crippen LogP contribution in [0.3, 0.4) is 0 Å². The maximum Gasteiger partial charge on any atom is 0.186 e. The number of rotatable bonds is 7. The van der Waals surface area contributed by atoms with Crippen molar-refractivity contribution >= 4 is 16.5 Å². The molecule has 1 heterocycles. The van der Waals surface area contributed by atoms with E-state index in [4.69, 9.17) is 10.7 Å². The number of hydrogen-bond donors (Lipinski definition) is 1. The summed E-state index contributed by atoms with van der Waals surface area (Å²) in [6, 6.07) is 0.538. The molecule has 2 N–H and O–H groups in total. The largest absolute Gasteiger partial charge is 0.346 e. The lowest BCUT2D eigenvalue weighted by atomic mass is 10.0. The highest BCUT2D eigenvalue weighted by Crippen LogP contribution is 2.32. The van der Waals surface area contributed by atoms with E-state index < -0.39 is 0 Å². The van der Waals surface area contributed by atoms with Crippen molar-refractivity contribution in [1.29, 1.82) is 0 Å². The molecule has 2 unspecified atom stereocenters. The molecule has 3 nitrogen and oxygen atoms in total. The highest BCUT2D eigenvalue weighted by molar-refractivity contribution is 7.15. The van der Waals surface area contributed by atoms with E-state index in [0.717, 1.165) is 24.5 Å². The first-order valence-corrected chi connectivity index (χ1v) is 7.86. The standard InChI is InChI=1S/C14H27N3S/c1-6-10(4)13-12(9-15)18-14(16-13)17(8-3)11(5)7-2/h10-11H,6-9,15H2,1-5H3. The molecule has 2 atom stereocenters. The van der Waals surface area contributed by atoms with Gasteiger partial charge in [-0.2, -0.15) is 0 Å². The summed E-state index contributed by atoms with van der Waals surface area (Å²) in [4.78, 5) is 8.49. The normalized spacial score (nSPS) is 14.6. The van der Waals surface area contributed by atoms with E-state index in [1.807, 2.05) is 0 Å². The summed E-state index contributed by atoms with van der Waals surface area (Å²) in [5.74, 6) is 0.504. The molecule has 0 aliphatic heterocycles. The maximum absolute atomic E-state index is 5.86. The summed E-state index contributed by atoms with van der Waals surface area (Å²) < 4.78 is 0. The van der Waals surface area contributed by atoms with Crippen molar-refractivity contribution in [3.8, 4) is 0 Å². The van der Waals surface area contributed by atoms with E-state index >= 15 is 0 Å². The van der Waals surface area contributed by atoms with Crippen LogP contribution in [0.25, 0.3) is 0 Å². The number of hydrogen-bond acceptors (Lipinski definition) is 4. The van der Waals surface area contributed by atoms with Gasteiger partial charge in [0, 0.05) is 24.0 Å². The molecular weight excluding hydrogens is 242 g/mol. The molecular formula is C14H27N3S. The fourth-order valence-corrected chi connectivity index (χ4v) is 3.28.